The molecule has 0 atom stereocenters. The Balaban J connectivity index is 1.87. The van der Waals surface area contributed by atoms with Gasteiger partial charge < -0.3 is 10.1 Å². The minimum atomic E-state index is -1.22. The van der Waals surface area contributed by atoms with E-state index in [9.17, 15) is 9.18 Å². The van der Waals surface area contributed by atoms with Gasteiger partial charge in [-0.1, -0.05) is 32.6 Å². The van der Waals surface area contributed by atoms with Crippen LogP contribution >= 0.6 is 0 Å². The van der Waals surface area contributed by atoms with Crippen LogP contribution in [0, 0.1) is 11.7 Å². The SMILES string of the molecule is CCCCC[C@H]1CC[C@H](c2cc(F)c(C(=O)O)[nH]2)CC1. The van der Waals surface area contributed by atoms with Crippen molar-refractivity contribution in [3.63, 3.8) is 0 Å². The van der Waals surface area contributed by atoms with Crippen LogP contribution < -0.4 is 0 Å². The second-order valence-corrected chi connectivity index (χ2v) is 5.97. The number of unbranched alkanes of at least 4 members (excludes halogenated alkanes) is 2. The Morgan fingerprint density at radius 2 is 2.05 bits per heavy atom. The van der Waals surface area contributed by atoms with Gasteiger partial charge in [0.25, 0.3) is 0 Å². The molecule has 0 bridgehead atoms. The van der Waals surface area contributed by atoms with Crippen molar-refractivity contribution in [2.24, 2.45) is 5.92 Å². The quantitative estimate of drug-likeness (QED) is 0.742. The molecule has 1 aliphatic rings. The number of H-pyrrole nitrogens is 1. The van der Waals surface area contributed by atoms with E-state index < -0.39 is 11.8 Å². The van der Waals surface area contributed by atoms with Gasteiger partial charge in [0.2, 0.25) is 0 Å². The average Bonchev–Trinajstić information content (AvgIpc) is 2.82. The predicted octanol–water partition coefficient (Wildman–Crippen LogP) is 4.71. The number of rotatable bonds is 6. The molecule has 2 N–H and O–H groups in total. The predicted molar refractivity (Wildman–Crippen MR) is 76.6 cm³/mol. The van der Waals surface area contributed by atoms with Crippen LogP contribution in [0.4, 0.5) is 4.39 Å². The molecule has 1 aromatic rings. The van der Waals surface area contributed by atoms with Crippen molar-refractivity contribution < 1.29 is 14.3 Å². The number of carboxylic acid groups (broad SMARTS) is 1. The van der Waals surface area contributed by atoms with Crippen LogP contribution in [0.5, 0.6) is 0 Å². The van der Waals surface area contributed by atoms with Crippen molar-refractivity contribution in [3.05, 3.63) is 23.3 Å². The summed E-state index contributed by atoms with van der Waals surface area (Å²) in [6.45, 7) is 2.22. The van der Waals surface area contributed by atoms with Crippen molar-refractivity contribution in [2.75, 3.05) is 0 Å². The van der Waals surface area contributed by atoms with E-state index in [1.54, 1.807) is 0 Å². The first-order valence-electron chi connectivity index (χ1n) is 7.73. The fourth-order valence-corrected chi connectivity index (χ4v) is 3.27. The Kier molecular flexibility index (Phi) is 5.21. The summed E-state index contributed by atoms with van der Waals surface area (Å²) in [5, 5.41) is 8.87. The van der Waals surface area contributed by atoms with E-state index in [-0.39, 0.29) is 5.69 Å². The molecule has 1 saturated carbocycles. The molecular formula is C16H24FNO2. The summed E-state index contributed by atoms with van der Waals surface area (Å²) in [4.78, 5) is 13.6. The molecule has 0 amide bonds. The molecule has 0 unspecified atom stereocenters. The lowest BCUT2D eigenvalue weighted by Gasteiger charge is -2.28. The maximum Gasteiger partial charge on any atom is 0.355 e. The Morgan fingerprint density at radius 3 is 2.60 bits per heavy atom. The van der Waals surface area contributed by atoms with E-state index in [1.807, 2.05) is 0 Å². The molecule has 4 heteroatoms. The van der Waals surface area contributed by atoms with E-state index in [4.69, 9.17) is 5.11 Å². The van der Waals surface area contributed by atoms with E-state index in [1.165, 1.54) is 44.6 Å². The first kappa shape index (κ1) is 15.1. The molecule has 0 saturated heterocycles. The topological polar surface area (TPSA) is 53.1 Å². The van der Waals surface area contributed by atoms with Gasteiger partial charge in [0, 0.05) is 5.69 Å². The van der Waals surface area contributed by atoms with Crippen molar-refractivity contribution in [3.8, 4) is 0 Å². The largest absolute Gasteiger partial charge is 0.476 e. The first-order chi connectivity index (χ1) is 9.61. The number of hydrogen-bond donors (Lipinski definition) is 2. The van der Waals surface area contributed by atoms with Crippen molar-refractivity contribution in [1.82, 2.24) is 4.98 Å². The van der Waals surface area contributed by atoms with Crippen LogP contribution in [-0.4, -0.2) is 16.1 Å². The highest BCUT2D eigenvalue weighted by atomic mass is 19.1. The average molecular weight is 281 g/mol. The second-order valence-electron chi connectivity index (χ2n) is 5.97. The molecule has 20 heavy (non-hydrogen) atoms. The van der Waals surface area contributed by atoms with Gasteiger partial charge in [-0.2, -0.15) is 0 Å². The van der Waals surface area contributed by atoms with E-state index in [0.29, 0.717) is 5.92 Å². The Bertz CT molecular complexity index is 447. The number of aromatic carboxylic acids is 1. The third kappa shape index (κ3) is 3.62. The van der Waals surface area contributed by atoms with E-state index in [2.05, 4.69) is 11.9 Å². The summed E-state index contributed by atoms with van der Waals surface area (Å²) in [6, 6.07) is 1.37. The van der Waals surface area contributed by atoms with E-state index in [0.717, 1.165) is 24.5 Å². The molecule has 3 nitrogen and oxygen atoms in total. The molecule has 1 aliphatic carbocycles. The van der Waals surface area contributed by atoms with Gasteiger partial charge >= 0.3 is 5.97 Å². The lowest BCUT2D eigenvalue weighted by atomic mass is 9.78. The van der Waals surface area contributed by atoms with Crippen LogP contribution in [0.15, 0.2) is 6.07 Å². The number of carbonyl (C=O) groups is 1. The van der Waals surface area contributed by atoms with Crippen LogP contribution in [-0.2, 0) is 0 Å². The Hall–Kier alpha value is -1.32. The first-order valence-corrected chi connectivity index (χ1v) is 7.73. The third-order valence-electron chi connectivity index (χ3n) is 4.51. The number of halogens is 1. The van der Waals surface area contributed by atoms with Crippen LogP contribution in [0.25, 0.3) is 0 Å². The molecule has 0 radical (unpaired) electrons. The lowest BCUT2D eigenvalue weighted by molar-refractivity contribution is 0.0686. The maximum atomic E-state index is 13.5. The van der Waals surface area contributed by atoms with Gasteiger partial charge in [0.1, 0.15) is 0 Å². The summed E-state index contributed by atoms with van der Waals surface area (Å²) >= 11 is 0. The number of hydrogen-bond acceptors (Lipinski definition) is 1. The fourth-order valence-electron chi connectivity index (χ4n) is 3.27. The molecule has 1 aromatic heterocycles. The van der Waals surface area contributed by atoms with Crippen molar-refractivity contribution >= 4 is 5.97 Å². The number of carboxylic acids is 1. The Labute approximate surface area is 119 Å². The third-order valence-corrected chi connectivity index (χ3v) is 4.51. The molecule has 112 valence electrons. The molecule has 1 heterocycles. The minimum Gasteiger partial charge on any atom is -0.476 e. The van der Waals surface area contributed by atoms with Crippen LogP contribution in [0.1, 0.15) is 80.4 Å². The monoisotopic (exact) mass is 281 g/mol. The zero-order valence-electron chi connectivity index (χ0n) is 12.1. The molecule has 0 spiro atoms. The molecule has 1 fully saturated rings. The van der Waals surface area contributed by atoms with E-state index >= 15 is 0 Å². The highest BCUT2D eigenvalue weighted by Gasteiger charge is 2.25. The van der Waals surface area contributed by atoms with Crippen LogP contribution in [0.2, 0.25) is 0 Å². The smallest absolute Gasteiger partial charge is 0.355 e. The molecule has 0 aliphatic heterocycles. The summed E-state index contributed by atoms with van der Waals surface area (Å²) in [5.41, 5.74) is 0.456. The number of aromatic amines is 1. The van der Waals surface area contributed by atoms with Gasteiger partial charge in [0.15, 0.2) is 11.5 Å². The zero-order chi connectivity index (χ0) is 14.5. The Morgan fingerprint density at radius 1 is 1.35 bits per heavy atom. The van der Waals surface area contributed by atoms with Crippen molar-refractivity contribution in [2.45, 2.75) is 64.2 Å². The van der Waals surface area contributed by atoms with Gasteiger partial charge in [-0.05, 0) is 43.6 Å². The number of aromatic nitrogens is 1. The summed E-state index contributed by atoms with van der Waals surface area (Å²) in [6.07, 6.45) is 9.62. The highest BCUT2D eigenvalue weighted by Crippen LogP contribution is 2.37. The normalized spacial score (nSPS) is 22.9. The molecule has 2 rings (SSSR count). The molecule has 0 aromatic carbocycles. The summed E-state index contributed by atoms with van der Waals surface area (Å²) < 4.78 is 13.5. The lowest BCUT2D eigenvalue weighted by Crippen LogP contribution is -2.14. The van der Waals surface area contributed by atoms with Crippen LogP contribution in [0.3, 0.4) is 0 Å². The number of nitrogens with one attached hydrogen (secondary N) is 1. The zero-order valence-corrected chi connectivity index (χ0v) is 12.1. The summed E-state index contributed by atoms with van der Waals surface area (Å²) in [7, 11) is 0. The van der Waals surface area contributed by atoms with Gasteiger partial charge in [-0.3, -0.25) is 0 Å². The fraction of sp³-hybridized carbons (Fsp3) is 0.688. The van der Waals surface area contributed by atoms with Gasteiger partial charge in [-0.15, -0.1) is 0 Å². The maximum absolute atomic E-state index is 13.5. The summed E-state index contributed by atoms with van der Waals surface area (Å²) in [5.74, 6) is -0.767. The molecular weight excluding hydrogens is 257 g/mol. The second kappa shape index (κ2) is 6.91. The van der Waals surface area contributed by atoms with Crippen molar-refractivity contribution in [1.29, 1.82) is 0 Å². The minimum absolute atomic E-state index is 0.292. The van der Waals surface area contributed by atoms with Gasteiger partial charge in [0.05, 0.1) is 0 Å². The highest BCUT2D eigenvalue weighted by molar-refractivity contribution is 5.85. The standard InChI is InChI=1S/C16H24FNO2/c1-2-3-4-5-11-6-8-12(9-7-11)14-10-13(17)15(18-14)16(19)20/h10-12,18H,2-9H2,1H3,(H,19,20)/t11-,12-. The van der Waals surface area contributed by atoms with Gasteiger partial charge in [-0.25, -0.2) is 9.18 Å².